The van der Waals surface area contributed by atoms with Crippen LogP contribution in [-0.4, -0.2) is 29.5 Å². The second kappa shape index (κ2) is 10.2. The molecule has 0 aromatic rings. The van der Waals surface area contributed by atoms with Crippen LogP contribution in [0.1, 0.15) is 48.0 Å². The zero-order valence-electron chi connectivity index (χ0n) is 13.2. The molecule has 4 heteroatoms. The number of hydrogen-bond donors (Lipinski definition) is 1. The molecule has 3 nitrogen and oxygen atoms in total. The highest BCUT2D eigenvalue weighted by Gasteiger charge is 2.21. The number of nitrogens with two attached hydrogens (primary N) is 1. The molecular formula is C15H29NO2S. The summed E-state index contributed by atoms with van der Waals surface area (Å²) in [6, 6.07) is 1.75. The van der Waals surface area contributed by atoms with Crippen LogP contribution in [0.15, 0.2) is 0 Å². The number of rotatable bonds is 7. The third-order valence-electron chi connectivity index (χ3n) is 1.99. The van der Waals surface area contributed by atoms with E-state index in [2.05, 4.69) is 46.8 Å². The maximum atomic E-state index is 10.8. The first-order valence-corrected chi connectivity index (χ1v) is 7.57. The fourth-order valence-corrected chi connectivity index (χ4v) is 2.23. The van der Waals surface area contributed by atoms with E-state index in [9.17, 15) is 4.79 Å². The summed E-state index contributed by atoms with van der Waals surface area (Å²) < 4.78 is 5.79. The Kier molecular flexibility index (Phi) is 11.1. The first-order chi connectivity index (χ1) is 8.54. The minimum atomic E-state index is -0.0681. The fraction of sp³-hybridized carbons (Fsp3) is 0.800. The van der Waals surface area contributed by atoms with Gasteiger partial charge in [-0.3, -0.25) is 4.79 Å². The standard InChI is InChI=1S/C13H26O2S.C2H3N/c1-11(14)7-8-16-10-13(5,6)9-15-12(2,3)4;1-2-3/h7-10H2,1-6H3;1H,3H2. The van der Waals surface area contributed by atoms with Crippen molar-refractivity contribution in [1.29, 1.82) is 0 Å². The average Bonchev–Trinajstić information content (AvgIpc) is 2.22. The van der Waals surface area contributed by atoms with Crippen molar-refractivity contribution < 1.29 is 9.53 Å². The van der Waals surface area contributed by atoms with E-state index in [-0.39, 0.29) is 16.8 Å². The lowest BCUT2D eigenvalue weighted by Gasteiger charge is -2.29. The molecular weight excluding hydrogens is 258 g/mol. The van der Waals surface area contributed by atoms with E-state index in [0.29, 0.717) is 6.42 Å². The van der Waals surface area contributed by atoms with Crippen LogP contribution in [0.4, 0.5) is 0 Å². The summed E-state index contributed by atoms with van der Waals surface area (Å²) >= 11 is 1.84. The summed E-state index contributed by atoms with van der Waals surface area (Å²) in [5.41, 5.74) is 4.48. The molecule has 0 rings (SSSR count). The summed E-state index contributed by atoms with van der Waals surface area (Å²) in [5.74, 6) is 2.24. The Morgan fingerprint density at radius 2 is 1.79 bits per heavy atom. The molecule has 2 N–H and O–H groups in total. The molecule has 0 aromatic carbocycles. The molecule has 19 heavy (non-hydrogen) atoms. The topological polar surface area (TPSA) is 52.3 Å². The van der Waals surface area contributed by atoms with E-state index in [1.165, 1.54) is 0 Å². The predicted octanol–water partition coefficient (Wildman–Crippen LogP) is 3.08. The molecule has 0 atom stereocenters. The number of Topliss-reactive ketones (excluding diaryl/α,β-unsaturated/α-hetero) is 1. The Balaban J connectivity index is 0. The van der Waals surface area contributed by atoms with Crippen molar-refractivity contribution in [3.8, 4) is 12.5 Å². The molecule has 0 radical (unpaired) electrons. The van der Waals surface area contributed by atoms with Crippen molar-refractivity contribution in [2.75, 3.05) is 18.1 Å². The first-order valence-electron chi connectivity index (χ1n) is 6.41. The lowest BCUT2D eigenvalue weighted by atomic mass is 9.97. The number of carbonyl (C=O) groups is 1. The zero-order chi connectivity index (χ0) is 15.5. The Morgan fingerprint density at radius 3 is 2.16 bits per heavy atom. The summed E-state index contributed by atoms with van der Waals surface area (Å²) in [7, 11) is 0. The van der Waals surface area contributed by atoms with Gasteiger partial charge >= 0.3 is 0 Å². The van der Waals surface area contributed by atoms with Crippen LogP contribution in [0.2, 0.25) is 0 Å². The zero-order valence-corrected chi connectivity index (χ0v) is 14.0. The van der Waals surface area contributed by atoms with Gasteiger partial charge in [-0.15, -0.1) is 0 Å². The van der Waals surface area contributed by atoms with Crippen molar-refractivity contribution in [3.63, 3.8) is 0 Å². The number of thioether (sulfide) groups is 1. The third-order valence-corrected chi connectivity index (χ3v) is 3.47. The Bertz CT molecular complexity index is 288. The van der Waals surface area contributed by atoms with Crippen molar-refractivity contribution in [2.24, 2.45) is 11.1 Å². The lowest BCUT2D eigenvalue weighted by Crippen LogP contribution is -2.29. The molecule has 0 heterocycles. The Labute approximate surface area is 123 Å². The molecule has 0 fully saturated rings. The SMILES string of the molecule is C#CN.CC(=O)CCSCC(C)(C)COC(C)(C)C. The van der Waals surface area contributed by atoms with Gasteiger partial charge in [0.2, 0.25) is 0 Å². The smallest absolute Gasteiger partial charge is 0.130 e. The normalized spacial score (nSPS) is 11.2. The van der Waals surface area contributed by atoms with Crippen LogP contribution in [0.3, 0.4) is 0 Å². The summed E-state index contributed by atoms with van der Waals surface area (Å²) in [6.07, 6.45) is 5.06. The highest BCUT2D eigenvalue weighted by molar-refractivity contribution is 7.99. The van der Waals surface area contributed by atoms with E-state index in [0.717, 1.165) is 18.1 Å². The number of hydrogen-bond acceptors (Lipinski definition) is 4. The van der Waals surface area contributed by atoms with Crippen LogP contribution < -0.4 is 5.73 Å². The van der Waals surface area contributed by atoms with Gasteiger partial charge in [-0.1, -0.05) is 20.3 Å². The van der Waals surface area contributed by atoms with E-state index < -0.39 is 0 Å². The lowest BCUT2D eigenvalue weighted by molar-refractivity contribution is -0.116. The van der Waals surface area contributed by atoms with Gasteiger partial charge in [0.25, 0.3) is 0 Å². The van der Waals surface area contributed by atoms with Gasteiger partial charge in [0.05, 0.1) is 12.2 Å². The third kappa shape index (κ3) is 19.8. The maximum absolute atomic E-state index is 10.8. The molecule has 0 aliphatic carbocycles. The van der Waals surface area contributed by atoms with Crippen molar-refractivity contribution >= 4 is 17.5 Å². The Hall–Kier alpha value is -0.660. The summed E-state index contributed by atoms with van der Waals surface area (Å²) in [6.45, 7) is 13.1. The van der Waals surface area contributed by atoms with Crippen molar-refractivity contribution in [2.45, 2.75) is 53.6 Å². The molecule has 0 unspecified atom stereocenters. The van der Waals surface area contributed by atoms with Crippen LogP contribution in [0.25, 0.3) is 0 Å². The van der Waals surface area contributed by atoms with Gasteiger partial charge in [0, 0.05) is 17.9 Å². The van der Waals surface area contributed by atoms with E-state index in [1.54, 1.807) is 13.0 Å². The molecule has 0 saturated heterocycles. The first kappa shape index (κ1) is 20.7. The van der Waals surface area contributed by atoms with Gasteiger partial charge in [-0.2, -0.15) is 11.8 Å². The van der Waals surface area contributed by atoms with E-state index in [4.69, 9.17) is 4.74 Å². The average molecular weight is 287 g/mol. The minimum absolute atomic E-state index is 0.0681. The molecule has 0 aliphatic heterocycles. The molecule has 0 aromatic heterocycles. The number of carbonyl (C=O) groups excluding carboxylic acids is 1. The van der Waals surface area contributed by atoms with Crippen LogP contribution in [0.5, 0.6) is 0 Å². The number of terminal acetylenes is 1. The van der Waals surface area contributed by atoms with Crippen LogP contribution in [-0.2, 0) is 9.53 Å². The molecule has 0 amide bonds. The van der Waals surface area contributed by atoms with E-state index >= 15 is 0 Å². The molecule has 0 bridgehead atoms. The highest BCUT2D eigenvalue weighted by Crippen LogP contribution is 2.24. The second-order valence-electron chi connectivity index (χ2n) is 6.24. The maximum Gasteiger partial charge on any atom is 0.130 e. The highest BCUT2D eigenvalue weighted by atomic mass is 32.2. The predicted molar refractivity (Wildman–Crippen MR) is 85.1 cm³/mol. The number of ketones is 1. The molecule has 0 saturated carbocycles. The summed E-state index contributed by atoms with van der Waals surface area (Å²) in [5, 5.41) is 0. The Morgan fingerprint density at radius 1 is 1.32 bits per heavy atom. The minimum Gasteiger partial charge on any atom is -0.375 e. The van der Waals surface area contributed by atoms with Gasteiger partial charge in [-0.05, 0) is 39.2 Å². The largest absolute Gasteiger partial charge is 0.375 e. The van der Waals surface area contributed by atoms with Crippen molar-refractivity contribution in [3.05, 3.63) is 0 Å². The molecule has 0 spiro atoms. The van der Waals surface area contributed by atoms with Crippen molar-refractivity contribution in [1.82, 2.24) is 0 Å². The summed E-state index contributed by atoms with van der Waals surface area (Å²) in [4.78, 5) is 10.8. The number of ether oxygens (including phenoxy) is 1. The second-order valence-corrected chi connectivity index (χ2v) is 7.34. The van der Waals surface area contributed by atoms with Gasteiger partial charge in [0.1, 0.15) is 5.78 Å². The van der Waals surface area contributed by atoms with Gasteiger partial charge < -0.3 is 10.5 Å². The molecule has 0 aliphatic rings. The fourth-order valence-electron chi connectivity index (χ4n) is 1.02. The van der Waals surface area contributed by atoms with Gasteiger partial charge in [0.15, 0.2) is 0 Å². The van der Waals surface area contributed by atoms with Crippen LogP contribution >= 0.6 is 11.8 Å². The van der Waals surface area contributed by atoms with Gasteiger partial charge in [-0.25, -0.2) is 0 Å². The van der Waals surface area contributed by atoms with Crippen LogP contribution in [0, 0.1) is 17.9 Å². The quantitative estimate of drug-likeness (QED) is 0.444. The van der Waals surface area contributed by atoms with E-state index in [1.807, 2.05) is 11.8 Å². The molecule has 112 valence electrons. The monoisotopic (exact) mass is 287 g/mol.